The Morgan fingerprint density at radius 1 is 1.12 bits per heavy atom. The highest BCUT2D eigenvalue weighted by atomic mass is 28.4. The zero-order valence-electron chi connectivity index (χ0n) is 21.7. The molecule has 0 radical (unpaired) electrons. The number of carbonyl (C=O) groups is 1. The number of aromatic nitrogens is 2. The highest BCUT2D eigenvalue weighted by Crippen LogP contribution is 2.41. The summed E-state index contributed by atoms with van der Waals surface area (Å²) in [4.78, 5) is 13.2. The van der Waals surface area contributed by atoms with Crippen molar-refractivity contribution in [3.05, 3.63) is 5.89 Å². The van der Waals surface area contributed by atoms with Crippen molar-refractivity contribution in [1.82, 2.24) is 15.5 Å². The van der Waals surface area contributed by atoms with Gasteiger partial charge in [-0.15, -0.1) is 5.10 Å². The summed E-state index contributed by atoms with van der Waals surface area (Å²) in [5.41, 5.74) is 0. The van der Waals surface area contributed by atoms with E-state index in [1.54, 1.807) is 0 Å². The van der Waals surface area contributed by atoms with Crippen LogP contribution in [0.1, 0.15) is 99.0 Å². The molecular weight excluding hydrogens is 422 g/mol. The summed E-state index contributed by atoms with van der Waals surface area (Å²) < 4.78 is 18.3. The minimum Gasteiger partial charge on any atom is -0.446 e. The molecule has 1 aliphatic rings. The first kappa shape index (κ1) is 26.8. The first-order valence-electron chi connectivity index (χ1n) is 12.3. The fraction of sp³-hybridized carbons (Fsp3) is 0.875. The zero-order chi connectivity index (χ0) is 24.1. The van der Waals surface area contributed by atoms with Crippen molar-refractivity contribution in [2.75, 3.05) is 0 Å². The van der Waals surface area contributed by atoms with Gasteiger partial charge in [0.25, 0.3) is 0 Å². The molecule has 1 saturated carbocycles. The first-order valence-corrected chi connectivity index (χ1v) is 15.2. The molecule has 8 heteroatoms. The monoisotopic (exact) mass is 467 g/mol. The second-order valence-electron chi connectivity index (χ2n) is 11.5. The van der Waals surface area contributed by atoms with Crippen LogP contribution in [-0.2, 0) is 9.22 Å². The molecule has 32 heavy (non-hydrogen) atoms. The molecule has 1 heterocycles. The number of ether oxygens (including phenoxy) is 1. The number of rotatable bonds is 10. The van der Waals surface area contributed by atoms with Crippen molar-refractivity contribution in [2.45, 2.75) is 123 Å². The van der Waals surface area contributed by atoms with Crippen LogP contribution in [0, 0.1) is 11.8 Å². The van der Waals surface area contributed by atoms with Gasteiger partial charge < -0.3 is 18.9 Å². The van der Waals surface area contributed by atoms with Crippen LogP contribution in [-0.4, -0.2) is 36.6 Å². The van der Waals surface area contributed by atoms with Crippen molar-refractivity contribution < 1.29 is 18.4 Å². The molecule has 1 aromatic heterocycles. The van der Waals surface area contributed by atoms with E-state index in [4.69, 9.17) is 13.6 Å². The van der Waals surface area contributed by atoms with Crippen molar-refractivity contribution >= 4 is 14.2 Å². The molecule has 1 aromatic rings. The third-order valence-corrected chi connectivity index (χ3v) is 11.1. The average molecular weight is 468 g/mol. The Hall–Kier alpha value is -1.41. The van der Waals surface area contributed by atoms with Gasteiger partial charge in [0.2, 0.25) is 11.8 Å². The molecule has 0 aliphatic heterocycles. The lowest BCUT2D eigenvalue weighted by atomic mass is 9.88. The van der Waals surface area contributed by atoms with E-state index in [0.29, 0.717) is 11.8 Å². The maximum Gasteiger partial charge on any atom is 0.414 e. The third kappa shape index (κ3) is 7.58. The van der Waals surface area contributed by atoms with E-state index in [1.807, 2.05) is 13.8 Å². The van der Waals surface area contributed by atoms with E-state index in [0.717, 1.165) is 32.1 Å². The summed E-state index contributed by atoms with van der Waals surface area (Å²) in [6, 6.07) is -0.245. The highest BCUT2D eigenvalue weighted by Gasteiger charge is 2.43. The summed E-state index contributed by atoms with van der Waals surface area (Å²) in [6.45, 7) is 19.2. The number of carbonyl (C=O) groups excluding carboxylic acids is 1. The number of nitrogens with zero attached hydrogens (tertiary/aromatic N) is 2. The smallest absolute Gasteiger partial charge is 0.414 e. The molecule has 1 fully saturated rings. The molecule has 1 unspecified atom stereocenters. The molecule has 1 aliphatic carbocycles. The predicted molar refractivity (Wildman–Crippen MR) is 129 cm³/mol. The van der Waals surface area contributed by atoms with Gasteiger partial charge in [-0.2, -0.15) is 0 Å². The van der Waals surface area contributed by atoms with E-state index >= 15 is 0 Å². The molecule has 2 rings (SSSR count). The third-order valence-electron chi connectivity index (χ3n) is 6.62. The summed E-state index contributed by atoms with van der Waals surface area (Å²) in [5, 5.41) is 11.7. The molecule has 0 saturated heterocycles. The van der Waals surface area contributed by atoms with Gasteiger partial charge in [-0.05, 0) is 57.2 Å². The van der Waals surface area contributed by atoms with E-state index in [2.05, 4.69) is 63.2 Å². The van der Waals surface area contributed by atoms with Crippen LogP contribution in [0.3, 0.4) is 0 Å². The van der Waals surface area contributed by atoms with Crippen LogP contribution in [0.5, 0.6) is 6.08 Å². The van der Waals surface area contributed by atoms with Crippen molar-refractivity contribution in [3.8, 4) is 6.08 Å². The van der Waals surface area contributed by atoms with E-state index < -0.39 is 14.4 Å². The fourth-order valence-electron chi connectivity index (χ4n) is 3.81. The van der Waals surface area contributed by atoms with Crippen LogP contribution in [0.2, 0.25) is 18.1 Å². The number of nitrogens with one attached hydrogen (secondary N) is 1. The Balaban J connectivity index is 2.36. The Kier molecular flexibility index (Phi) is 9.34. The number of hydrogen-bond donors (Lipinski definition) is 1. The summed E-state index contributed by atoms with van der Waals surface area (Å²) >= 11 is 0. The standard InChI is InChI=1S/C24H45N3O4Si/c1-16(2)15-19(25-21(28)18-13-11-10-12-14-18)20(31-32(8,9)24(5,6)7)22-26-27-23(30-22)29-17(3)4/h16-20H,10-15H2,1-9H3,(H,25,28)/t19-,20?/m0/s1. The first-order chi connectivity index (χ1) is 14.8. The molecule has 0 spiro atoms. The summed E-state index contributed by atoms with van der Waals surface area (Å²) in [5.74, 6) is 0.943. The maximum atomic E-state index is 13.2. The van der Waals surface area contributed by atoms with Gasteiger partial charge in [0.05, 0.1) is 12.1 Å². The summed E-state index contributed by atoms with van der Waals surface area (Å²) in [7, 11) is -2.20. The highest BCUT2D eigenvalue weighted by molar-refractivity contribution is 6.74. The maximum absolute atomic E-state index is 13.2. The topological polar surface area (TPSA) is 86.5 Å². The molecular formula is C24H45N3O4Si. The molecule has 0 aromatic carbocycles. The minimum absolute atomic E-state index is 0.00169. The van der Waals surface area contributed by atoms with E-state index in [9.17, 15) is 4.79 Å². The van der Waals surface area contributed by atoms with Gasteiger partial charge in [0.15, 0.2) is 8.32 Å². The lowest BCUT2D eigenvalue weighted by Gasteiger charge is -2.41. The van der Waals surface area contributed by atoms with Gasteiger partial charge in [-0.25, -0.2) is 0 Å². The van der Waals surface area contributed by atoms with Gasteiger partial charge in [0, 0.05) is 5.92 Å². The van der Waals surface area contributed by atoms with Crippen molar-refractivity contribution in [3.63, 3.8) is 0 Å². The summed E-state index contributed by atoms with van der Waals surface area (Å²) in [6.07, 6.45) is 5.70. The van der Waals surface area contributed by atoms with Gasteiger partial charge >= 0.3 is 6.08 Å². The molecule has 7 nitrogen and oxygen atoms in total. The van der Waals surface area contributed by atoms with Gasteiger partial charge in [-0.1, -0.05) is 59.0 Å². The van der Waals surface area contributed by atoms with Crippen molar-refractivity contribution in [1.29, 1.82) is 0 Å². The molecule has 2 atom stereocenters. The lowest BCUT2D eigenvalue weighted by Crippen LogP contribution is -2.49. The largest absolute Gasteiger partial charge is 0.446 e. The quantitative estimate of drug-likeness (QED) is 0.423. The normalized spacial score (nSPS) is 18.1. The number of hydrogen-bond acceptors (Lipinski definition) is 6. The predicted octanol–water partition coefficient (Wildman–Crippen LogP) is 6.03. The van der Waals surface area contributed by atoms with Crippen LogP contribution in [0.15, 0.2) is 4.42 Å². The van der Waals surface area contributed by atoms with E-state index in [-0.39, 0.29) is 35.1 Å². The molecule has 0 bridgehead atoms. The Morgan fingerprint density at radius 3 is 2.28 bits per heavy atom. The van der Waals surface area contributed by atoms with Gasteiger partial charge in [0.1, 0.15) is 6.10 Å². The second-order valence-corrected chi connectivity index (χ2v) is 16.2. The molecule has 184 valence electrons. The fourth-order valence-corrected chi connectivity index (χ4v) is 5.07. The average Bonchev–Trinajstić information content (AvgIpc) is 3.12. The molecule has 1 N–H and O–H groups in total. The van der Waals surface area contributed by atoms with Crippen molar-refractivity contribution in [2.24, 2.45) is 11.8 Å². The van der Waals surface area contributed by atoms with Crippen LogP contribution in [0.4, 0.5) is 0 Å². The minimum atomic E-state index is -2.20. The molecule has 1 amide bonds. The number of amides is 1. The second kappa shape index (κ2) is 11.1. The Labute approximate surface area is 195 Å². The SMILES string of the molecule is CC(C)C[C@H](NC(=O)C1CCCCC1)C(O[Si](C)(C)C(C)(C)C)c1nnc(OC(C)C)o1. The van der Waals surface area contributed by atoms with Crippen LogP contribution < -0.4 is 10.1 Å². The van der Waals surface area contributed by atoms with Gasteiger partial charge in [-0.3, -0.25) is 4.79 Å². The Morgan fingerprint density at radius 2 is 1.75 bits per heavy atom. The zero-order valence-corrected chi connectivity index (χ0v) is 22.7. The van der Waals surface area contributed by atoms with E-state index in [1.165, 1.54) is 6.42 Å². The lowest BCUT2D eigenvalue weighted by molar-refractivity contribution is -0.127. The van der Waals surface area contributed by atoms with Crippen LogP contribution >= 0.6 is 0 Å². The Bertz CT molecular complexity index is 721. The van der Waals surface area contributed by atoms with Crippen LogP contribution in [0.25, 0.3) is 0 Å².